The Morgan fingerprint density at radius 1 is 1.27 bits per heavy atom. The minimum absolute atomic E-state index is 0.0602. The summed E-state index contributed by atoms with van der Waals surface area (Å²) >= 11 is 0. The quantitative estimate of drug-likeness (QED) is 0.721. The molecule has 0 radical (unpaired) electrons. The van der Waals surface area contributed by atoms with Crippen LogP contribution in [0.2, 0.25) is 0 Å². The van der Waals surface area contributed by atoms with Crippen molar-refractivity contribution in [1.29, 1.82) is 0 Å². The van der Waals surface area contributed by atoms with Crippen molar-refractivity contribution in [2.45, 2.75) is 77.5 Å². The summed E-state index contributed by atoms with van der Waals surface area (Å²) in [7, 11) is 0. The molecule has 2 atom stereocenters. The van der Waals surface area contributed by atoms with Crippen LogP contribution < -0.4 is 15.8 Å². The van der Waals surface area contributed by atoms with Crippen LogP contribution in [0, 0.1) is 12.7 Å². The van der Waals surface area contributed by atoms with Gasteiger partial charge in [0.15, 0.2) is 5.82 Å². The van der Waals surface area contributed by atoms with E-state index in [1.54, 1.807) is 27.7 Å². The first-order valence-electron chi connectivity index (χ1n) is 11.2. The van der Waals surface area contributed by atoms with Crippen LogP contribution in [0.3, 0.4) is 0 Å². The second-order valence-corrected chi connectivity index (χ2v) is 10.1. The highest BCUT2D eigenvalue weighted by atomic mass is 19.1. The number of aromatic nitrogens is 1. The molecule has 2 N–H and O–H groups in total. The van der Waals surface area contributed by atoms with Crippen LogP contribution in [0.25, 0.3) is 5.52 Å². The fourth-order valence-corrected chi connectivity index (χ4v) is 4.77. The molecular formula is C24H30FN3O5. The Morgan fingerprint density at radius 2 is 1.94 bits per heavy atom. The van der Waals surface area contributed by atoms with Crippen molar-refractivity contribution >= 4 is 23.3 Å². The summed E-state index contributed by atoms with van der Waals surface area (Å²) < 4.78 is 21.9. The second kappa shape index (κ2) is 8.04. The fraction of sp³-hybridized carbons (Fsp3) is 0.542. The van der Waals surface area contributed by atoms with Crippen molar-refractivity contribution in [3.05, 3.63) is 45.1 Å². The molecule has 1 saturated heterocycles. The van der Waals surface area contributed by atoms with Crippen molar-refractivity contribution in [1.82, 2.24) is 9.72 Å². The zero-order chi connectivity index (χ0) is 24.2. The number of carbonyl (C=O) groups is 2. The Bertz CT molecular complexity index is 1200. The summed E-state index contributed by atoms with van der Waals surface area (Å²) in [6, 6.07) is 1.17. The number of rotatable bonds is 4. The van der Waals surface area contributed by atoms with E-state index >= 15 is 4.39 Å². The van der Waals surface area contributed by atoms with Crippen molar-refractivity contribution in [3.63, 3.8) is 0 Å². The summed E-state index contributed by atoms with van der Waals surface area (Å²) in [5.41, 5.74) is 0.597. The molecule has 0 aromatic carbocycles. The van der Waals surface area contributed by atoms with E-state index in [1.165, 1.54) is 6.07 Å². The molecule has 178 valence electrons. The number of alkyl carbamates (subject to hydrolysis) is 1. The lowest BCUT2D eigenvalue weighted by atomic mass is 10.0. The average molecular weight is 460 g/mol. The molecular weight excluding hydrogens is 429 g/mol. The monoisotopic (exact) mass is 459 g/mol. The third-order valence-electron chi connectivity index (χ3n) is 6.27. The highest BCUT2D eigenvalue weighted by Crippen LogP contribution is 2.44. The predicted molar refractivity (Wildman–Crippen MR) is 122 cm³/mol. The van der Waals surface area contributed by atoms with Gasteiger partial charge in [0.25, 0.3) is 5.56 Å². The molecule has 8 nitrogen and oxygen atoms in total. The lowest BCUT2D eigenvalue weighted by Gasteiger charge is -2.28. The number of nitrogens with one attached hydrogen (secondary N) is 1. The van der Waals surface area contributed by atoms with Crippen LogP contribution in [-0.2, 0) is 4.74 Å². The summed E-state index contributed by atoms with van der Waals surface area (Å²) in [6.07, 6.45) is 3.01. The van der Waals surface area contributed by atoms with Gasteiger partial charge in [0.05, 0.1) is 23.4 Å². The number of anilines is 1. The van der Waals surface area contributed by atoms with E-state index < -0.39 is 29.0 Å². The first-order chi connectivity index (χ1) is 15.4. The number of halogens is 1. The molecule has 2 fully saturated rings. The number of fused-ring (bicyclic) bond motifs is 1. The lowest BCUT2D eigenvalue weighted by Crippen LogP contribution is -2.40. The number of ether oxygens (including phenoxy) is 1. The van der Waals surface area contributed by atoms with E-state index in [-0.39, 0.29) is 23.6 Å². The molecule has 2 aromatic heterocycles. The number of nitrogens with zero attached hydrogens (tertiary/aromatic N) is 2. The summed E-state index contributed by atoms with van der Waals surface area (Å²) in [5.74, 6) is -1.76. The third kappa shape index (κ3) is 4.41. The van der Waals surface area contributed by atoms with E-state index in [1.807, 2.05) is 11.8 Å². The number of pyridine rings is 2. The van der Waals surface area contributed by atoms with Crippen LogP contribution in [-0.4, -0.2) is 45.8 Å². The molecule has 0 spiro atoms. The molecule has 1 aliphatic heterocycles. The van der Waals surface area contributed by atoms with E-state index in [2.05, 4.69) is 5.32 Å². The number of amides is 1. The van der Waals surface area contributed by atoms with Gasteiger partial charge in [-0.2, -0.15) is 0 Å². The third-order valence-corrected chi connectivity index (χ3v) is 6.27. The number of aryl methyl sites for hydroxylation is 1. The average Bonchev–Trinajstić information content (AvgIpc) is 3.45. The van der Waals surface area contributed by atoms with Gasteiger partial charge >= 0.3 is 12.1 Å². The lowest BCUT2D eigenvalue weighted by molar-refractivity contribution is 0.0508. The first-order valence-corrected chi connectivity index (χ1v) is 11.2. The van der Waals surface area contributed by atoms with Gasteiger partial charge in [0.2, 0.25) is 0 Å². The summed E-state index contributed by atoms with van der Waals surface area (Å²) in [4.78, 5) is 38.5. The number of hydrogen-bond acceptors (Lipinski definition) is 5. The number of carboxylic acid groups (broad SMARTS) is 1. The molecule has 2 aromatic rings. The molecule has 2 aliphatic rings. The van der Waals surface area contributed by atoms with Crippen LogP contribution in [0.1, 0.15) is 74.4 Å². The molecule has 0 unspecified atom stereocenters. The standard InChI is InChI=1S/C24H30FN3O5/c1-12-8-15(26-23(32)33-24(3,4)5)10-27(12)20-13(2)19-16(14-6-7-14)9-17(22(30)31)21(29)28(19)11-18(20)25/h9,11-12,14-15H,6-8,10H2,1-5H3,(H,26,32)(H,30,31)/t12-,15+/m1/s1. The zero-order valence-corrected chi connectivity index (χ0v) is 19.6. The number of carboxylic acids is 1. The van der Waals surface area contributed by atoms with Gasteiger partial charge in [-0.3, -0.25) is 9.20 Å². The smallest absolute Gasteiger partial charge is 0.407 e. The van der Waals surface area contributed by atoms with Gasteiger partial charge < -0.3 is 20.1 Å². The molecule has 1 amide bonds. The molecule has 1 saturated carbocycles. The number of aromatic carboxylic acids is 1. The van der Waals surface area contributed by atoms with Gasteiger partial charge in [-0.05, 0) is 77.0 Å². The zero-order valence-electron chi connectivity index (χ0n) is 19.6. The molecule has 33 heavy (non-hydrogen) atoms. The van der Waals surface area contributed by atoms with Crippen molar-refractivity contribution in [3.8, 4) is 0 Å². The van der Waals surface area contributed by atoms with E-state index in [9.17, 15) is 19.5 Å². The second-order valence-electron chi connectivity index (χ2n) is 10.1. The normalized spacial score (nSPS) is 20.8. The molecule has 4 rings (SSSR count). The maximum absolute atomic E-state index is 15.4. The number of carbonyl (C=O) groups excluding carboxylic acids is 1. The molecule has 3 heterocycles. The van der Waals surface area contributed by atoms with E-state index in [0.29, 0.717) is 29.7 Å². The van der Waals surface area contributed by atoms with Gasteiger partial charge in [0, 0.05) is 12.6 Å². The first kappa shape index (κ1) is 23.1. The SMILES string of the molecule is Cc1c(N2C[C@@H](NC(=O)OC(C)(C)C)C[C@H]2C)c(F)cn2c(=O)c(C(=O)O)cc(C3CC3)c12. The topological polar surface area (TPSA) is 100 Å². The highest BCUT2D eigenvalue weighted by Gasteiger charge is 2.36. The highest BCUT2D eigenvalue weighted by molar-refractivity contribution is 5.89. The van der Waals surface area contributed by atoms with Crippen LogP contribution in [0.4, 0.5) is 14.9 Å². The maximum Gasteiger partial charge on any atom is 0.407 e. The molecule has 9 heteroatoms. The predicted octanol–water partition coefficient (Wildman–Crippen LogP) is 3.81. The van der Waals surface area contributed by atoms with Gasteiger partial charge in [-0.15, -0.1) is 0 Å². The number of hydrogen-bond donors (Lipinski definition) is 2. The minimum atomic E-state index is -1.32. The maximum atomic E-state index is 15.4. The minimum Gasteiger partial charge on any atom is -0.477 e. The van der Waals surface area contributed by atoms with Gasteiger partial charge in [-0.25, -0.2) is 14.0 Å². The molecule has 0 bridgehead atoms. The Labute approximate surface area is 191 Å². The Kier molecular flexibility index (Phi) is 5.62. The van der Waals surface area contributed by atoms with Crippen molar-refractivity contribution in [2.24, 2.45) is 0 Å². The Morgan fingerprint density at radius 3 is 2.52 bits per heavy atom. The molecule has 1 aliphatic carbocycles. The van der Waals surface area contributed by atoms with E-state index in [4.69, 9.17) is 4.74 Å². The van der Waals surface area contributed by atoms with Crippen LogP contribution in [0.15, 0.2) is 17.1 Å². The summed E-state index contributed by atoms with van der Waals surface area (Å²) in [6.45, 7) is 9.49. The summed E-state index contributed by atoms with van der Waals surface area (Å²) in [5, 5.41) is 12.3. The van der Waals surface area contributed by atoms with Crippen molar-refractivity contribution in [2.75, 3.05) is 11.4 Å². The van der Waals surface area contributed by atoms with Gasteiger partial charge in [0.1, 0.15) is 11.2 Å². The largest absolute Gasteiger partial charge is 0.477 e. The van der Waals surface area contributed by atoms with E-state index in [0.717, 1.165) is 29.0 Å². The fourth-order valence-electron chi connectivity index (χ4n) is 4.77. The van der Waals surface area contributed by atoms with Crippen LogP contribution >= 0.6 is 0 Å². The Hall–Kier alpha value is -3.10. The van der Waals surface area contributed by atoms with Gasteiger partial charge in [-0.1, -0.05) is 0 Å². The van der Waals surface area contributed by atoms with Crippen LogP contribution in [0.5, 0.6) is 0 Å². The van der Waals surface area contributed by atoms with Crippen molar-refractivity contribution < 1.29 is 23.8 Å². The Balaban J connectivity index is 1.74.